The minimum Gasteiger partial charge on any atom is -0.384 e. The molecule has 1 aliphatic heterocycles. The van der Waals surface area contributed by atoms with Gasteiger partial charge in [0, 0.05) is 5.39 Å². The van der Waals surface area contributed by atoms with Gasteiger partial charge in [-0.3, -0.25) is 0 Å². The summed E-state index contributed by atoms with van der Waals surface area (Å²) < 4.78 is 1.67. The third-order valence-corrected chi connectivity index (χ3v) is 3.92. The van der Waals surface area contributed by atoms with Crippen molar-refractivity contribution in [1.29, 1.82) is 0 Å². The molecule has 1 aromatic carbocycles. The molecule has 0 fully saturated rings. The number of hydrogen-bond acceptors (Lipinski definition) is 5. The van der Waals surface area contributed by atoms with Crippen LogP contribution in [0.25, 0.3) is 10.9 Å². The fourth-order valence-corrected chi connectivity index (χ4v) is 2.37. The summed E-state index contributed by atoms with van der Waals surface area (Å²) in [7, 11) is 0. The number of benzene rings is 1. The number of nitrogens with two attached hydrogens (primary N) is 2. The molecule has 104 valence electrons. The number of aromatic nitrogens is 2. The normalized spacial score (nSPS) is 22.9. The molecule has 6 nitrogen and oxygen atoms in total. The summed E-state index contributed by atoms with van der Waals surface area (Å²) in [5, 5.41) is 8.60. The molecule has 1 atom stereocenters. The molecular formula is C13H15ClN6. The summed E-state index contributed by atoms with van der Waals surface area (Å²) >= 11 is 6.15. The van der Waals surface area contributed by atoms with Gasteiger partial charge in [-0.25, -0.2) is 4.99 Å². The molecule has 1 unspecified atom stereocenters. The second kappa shape index (κ2) is 4.50. The van der Waals surface area contributed by atoms with Gasteiger partial charge in [0.15, 0.2) is 5.66 Å². The molecule has 7 heteroatoms. The Hall–Kier alpha value is -2.05. The van der Waals surface area contributed by atoms with Crippen LogP contribution < -0.4 is 16.8 Å². The van der Waals surface area contributed by atoms with Crippen LogP contribution in [0, 0.1) is 0 Å². The van der Waals surface area contributed by atoms with Crippen molar-refractivity contribution in [2.24, 2.45) is 16.5 Å². The fourth-order valence-electron chi connectivity index (χ4n) is 2.15. The lowest BCUT2D eigenvalue weighted by molar-refractivity contribution is 0.503. The SMILES string of the molecule is CCC1(N)N=C(n2ncc3ccccc32)NC(N)=C1Cl. The van der Waals surface area contributed by atoms with Crippen molar-refractivity contribution >= 4 is 28.5 Å². The van der Waals surface area contributed by atoms with E-state index in [1.54, 1.807) is 10.9 Å². The van der Waals surface area contributed by atoms with Crippen LogP contribution in [0.4, 0.5) is 0 Å². The predicted octanol–water partition coefficient (Wildman–Crippen LogP) is 1.28. The zero-order valence-corrected chi connectivity index (χ0v) is 11.7. The Kier molecular flexibility index (Phi) is 2.92. The van der Waals surface area contributed by atoms with E-state index >= 15 is 0 Å². The van der Waals surface area contributed by atoms with Crippen molar-refractivity contribution in [2.45, 2.75) is 19.0 Å². The van der Waals surface area contributed by atoms with Crippen LogP contribution in [-0.2, 0) is 0 Å². The highest BCUT2D eigenvalue weighted by Gasteiger charge is 2.33. The van der Waals surface area contributed by atoms with Crippen molar-refractivity contribution in [3.05, 3.63) is 41.3 Å². The molecule has 0 saturated heterocycles. The van der Waals surface area contributed by atoms with E-state index < -0.39 is 5.66 Å². The van der Waals surface area contributed by atoms with Gasteiger partial charge >= 0.3 is 0 Å². The first-order valence-electron chi connectivity index (χ1n) is 6.30. The van der Waals surface area contributed by atoms with Gasteiger partial charge in [0.1, 0.15) is 10.9 Å². The Labute approximate surface area is 121 Å². The number of fused-ring (bicyclic) bond motifs is 1. The first-order chi connectivity index (χ1) is 9.55. The van der Waals surface area contributed by atoms with Crippen LogP contribution in [0.15, 0.2) is 46.3 Å². The Morgan fingerprint density at radius 3 is 2.90 bits per heavy atom. The Morgan fingerprint density at radius 1 is 1.40 bits per heavy atom. The van der Waals surface area contributed by atoms with Crippen LogP contribution in [-0.4, -0.2) is 21.4 Å². The van der Waals surface area contributed by atoms with Crippen LogP contribution in [0.3, 0.4) is 0 Å². The van der Waals surface area contributed by atoms with Gasteiger partial charge in [-0.05, 0) is 12.5 Å². The topological polar surface area (TPSA) is 94.2 Å². The molecule has 0 aliphatic carbocycles. The van der Waals surface area contributed by atoms with Gasteiger partial charge in [-0.2, -0.15) is 9.78 Å². The van der Waals surface area contributed by atoms with Crippen LogP contribution >= 0.6 is 11.6 Å². The lowest BCUT2D eigenvalue weighted by atomic mass is 10.1. The number of aliphatic imine (C=N–C) groups is 1. The maximum absolute atomic E-state index is 6.19. The summed E-state index contributed by atoms with van der Waals surface area (Å²) in [6, 6.07) is 7.82. The zero-order valence-electron chi connectivity index (χ0n) is 11.0. The summed E-state index contributed by atoms with van der Waals surface area (Å²) in [6.45, 7) is 1.91. The van der Waals surface area contributed by atoms with Crippen molar-refractivity contribution < 1.29 is 0 Å². The lowest BCUT2D eigenvalue weighted by Gasteiger charge is -2.30. The predicted molar refractivity (Wildman–Crippen MR) is 80.0 cm³/mol. The maximum atomic E-state index is 6.19. The summed E-state index contributed by atoms with van der Waals surface area (Å²) in [6.07, 6.45) is 2.30. The summed E-state index contributed by atoms with van der Waals surface area (Å²) in [5.74, 6) is 0.776. The van der Waals surface area contributed by atoms with Crippen molar-refractivity contribution in [2.75, 3.05) is 0 Å². The van der Waals surface area contributed by atoms with Crippen LogP contribution in [0.1, 0.15) is 13.3 Å². The molecular weight excluding hydrogens is 276 g/mol. The van der Waals surface area contributed by atoms with Crippen molar-refractivity contribution in [3.8, 4) is 0 Å². The van der Waals surface area contributed by atoms with E-state index in [1.165, 1.54) is 0 Å². The van der Waals surface area contributed by atoms with E-state index in [4.69, 9.17) is 23.1 Å². The molecule has 0 amide bonds. The third kappa shape index (κ3) is 1.85. The Morgan fingerprint density at radius 2 is 2.15 bits per heavy atom. The minimum absolute atomic E-state index is 0.306. The molecule has 2 aromatic rings. The van der Waals surface area contributed by atoms with E-state index in [-0.39, 0.29) is 0 Å². The standard InChI is InChI=1S/C13H15ClN6/c1-2-13(16)10(14)11(15)18-12(19-13)20-9-6-4-3-5-8(9)7-17-20/h3-7H,2,15-16H2,1H3,(H,18,19). The second-order valence-corrected chi connectivity index (χ2v) is 5.06. The average molecular weight is 291 g/mol. The van der Waals surface area contributed by atoms with Crippen molar-refractivity contribution in [1.82, 2.24) is 15.1 Å². The molecule has 20 heavy (non-hydrogen) atoms. The van der Waals surface area contributed by atoms with Gasteiger partial charge in [-0.1, -0.05) is 36.7 Å². The van der Waals surface area contributed by atoms with Gasteiger partial charge in [0.25, 0.3) is 0 Å². The number of rotatable bonds is 1. The highest BCUT2D eigenvalue weighted by atomic mass is 35.5. The number of halogens is 1. The zero-order chi connectivity index (χ0) is 14.3. The van der Waals surface area contributed by atoms with E-state index in [1.807, 2.05) is 31.2 Å². The van der Waals surface area contributed by atoms with Crippen molar-refractivity contribution in [3.63, 3.8) is 0 Å². The van der Waals surface area contributed by atoms with Gasteiger partial charge < -0.3 is 16.8 Å². The largest absolute Gasteiger partial charge is 0.384 e. The smallest absolute Gasteiger partial charge is 0.227 e. The van der Waals surface area contributed by atoms with E-state index in [0.29, 0.717) is 23.2 Å². The Balaban J connectivity index is 2.14. The van der Waals surface area contributed by atoms with E-state index in [2.05, 4.69) is 15.4 Å². The molecule has 5 N–H and O–H groups in total. The second-order valence-electron chi connectivity index (χ2n) is 4.68. The minimum atomic E-state index is -1.01. The first-order valence-corrected chi connectivity index (χ1v) is 6.67. The van der Waals surface area contributed by atoms with E-state index in [0.717, 1.165) is 10.9 Å². The quantitative estimate of drug-likeness (QED) is 0.737. The fraction of sp³-hybridized carbons (Fsp3) is 0.231. The molecule has 0 spiro atoms. The molecule has 0 radical (unpaired) electrons. The average Bonchev–Trinajstić information content (AvgIpc) is 2.88. The van der Waals surface area contributed by atoms with Gasteiger partial charge in [0.05, 0.1) is 11.7 Å². The number of nitrogens with zero attached hydrogens (tertiary/aromatic N) is 3. The molecule has 3 rings (SSSR count). The number of hydrogen-bond donors (Lipinski definition) is 3. The van der Waals surface area contributed by atoms with Gasteiger partial charge in [0.2, 0.25) is 5.96 Å². The van der Waals surface area contributed by atoms with E-state index in [9.17, 15) is 0 Å². The highest BCUT2D eigenvalue weighted by molar-refractivity contribution is 6.31. The number of para-hydroxylation sites is 1. The molecule has 0 bridgehead atoms. The highest BCUT2D eigenvalue weighted by Crippen LogP contribution is 2.27. The molecule has 0 saturated carbocycles. The van der Waals surface area contributed by atoms with Gasteiger partial charge in [-0.15, -0.1) is 0 Å². The van der Waals surface area contributed by atoms with Crippen LogP contribution in [0.2, 0.25) is 0 Å². The molecule has 2 heterocycles. The Bertz CT molecular complexity index is 731. The summed E-state index contributed by atoms with van der Waals surface area (Å²) in [4.78, 5) is 4.47. The third-order valence-electron chi connectivity index (χ3n) is 3.39. The lowest BCUT2D eigenvalue weighted by Crippen LogP contribution is -2.49. The summed E-state index contributed by atoms with van der Waals surface area (Å²) in [5.41, 5.74) is 12.0. The molecule has 1 aliphatic rings. The monoisotopic (exact) mass is 290 g/mol. The number of nitrogens with one attached hydrogen (secondary N) is 1. The molecule has 1 aromatic heterocycles. The maximum Gasteiger partial charge on any atom is 0.227 e. The first kappa shape index (κ1) is 13.0. The van der Waals surface area contributed by atoms with Crippen LogP contribution in [0.5, 0.6) is 0 Å².